The largest absolute Gasteiger partial charge is 0.486 e. The second-order valence-corrected chi connectivity index (χ2v) is 6.87. The van der Waals surface area contributed by atoms with E-state index in [0.717, 1.165) is 6.42 Å². The lowest BCUT2D eigenvalue weighted by atomic mass is 9.66. The molecule has 0 saturated heterocycles. The van der Waals surface area contributed by atoms with Gasteiger partial charge in [0.05, 0.1) is 11.1 Å². The van der Waals surface area contributed by atoms with E-state index in [2.05, 4.69) is 5.32 Å². The second kappa shape index (κ2) is 5.99. The van der Waals surface area contributed by atoms with E-state index >= 15 is 0 Å². The van der Waals surface area contributed by atoms with Gasteiger partial charge in [-0.3, -0.25) is 9.59 Å². The average Bonchev–Trinajstić information content (AvgIpc) is 2.34. The highest BCUT2D eigenvalue weighted by molar-refractivity contribution is 5.95. The third-order valence-electron chi connectivity index (χ3n) is 3.84. The molecule has 0 spiro atoms. The number of hydrogen-bond donors (Lipinski definition) is 2. The highest BCUT2D eigenvalue weighted by Gasteiger charge is 2.45. The van der Waals surface area contributed by atoms with Crippen LogP contribution in [0.1, 0.15) is 46.5 Å². The molecular formula is C17H23NO4. The zero-order chi connectivity index (χ0) is 16.4. The topological polar surface area (TPSA) is 75.6 Å². The van der Waals surface area contributed by atoms with Gasteiger partial charge in [-0.05, 0) is 45.7 Å². The molecule has 1 aliphatic carbocycles. The fourth-order valence-corrected chi connectivity index (χ4v) is 2.56. The summed E-state index contributed by atoms with van der Waals surface area (Å²) in [6, 6.07) is 7.19. The number of aliphatic carboxylic acids is 1. The Morgan fingerprint density at radius 2 is 1.91 bits per heavy atom. The van der Waals surface area contributed by atoms with Crippen LogP contribution >= 0.6 is 0 Å². The number of carboxylic acids is 1. The summed E-state index contributed by atoms with van der Waals surface area (Å²) >= 11 is 0. The normalized spacial score (nSPS) is 16.5. The molecule has 22 heavy (non-hydrogen) atoms. The van der Waals surface area contributed by atoms with Crippen molar-refractivity contribution < 1.29 is 19.4 Å². The van der Waals surface area contributed by atoms with E-state index in [4.69, 9.17) is 4.74 Å². The lowest BCUT2D eigenvalue weighted by Crippen LogP contribution is -2.41. The first-order valence-electron chi connectivity index (χ1n) is 7.53. The Labute approximate surface area is 130 Å². The molecule has 2 rings (SSSR count). The zero-order valence-corrected chi connectivity index (χ0v) is 13.3. The molecule has 1 aromatic rings. The summed E-state index contributed by atoms with van der Waals surface area (Å²) < 4.78 is 5.82. The molecule has 5 heteroatoms. The van der Waals surface area contributed by atoms with Crippen molar-refractivity contribution >= 4 is 17.6 Å². The van der Waals surface area contributed by atoms with Crippen LogP contribution < -0.4 is 10.1 Å². The number of carboxylic acid groups (broad SMARTS) is 1. The number of anilines is 1. The van der Waals surface area contributed by atoms with E-state index < -0.39 is 11.4 Å². The number of hydrogen-bond acceptors (Lipinski definition) is 3. The van der Waals surface area contributed by atoms with Crippen LogP contribution in [-0.4, -0.2) is 22.6 Å². The summed E-state index contributed by atoms with van der Waals surface area (Å²) in [4.78, 5) is 23.6. The molecule has 0 bridgehead atoms. The molecular weight excluding hydrogens is 282 g/mol. The van der Waals surface area contributed by atoms with Crippen molar-refractivity contribution in [2.45, 2.75) is 52.1 Å². The zero-order valence-electron chi connectivity index (χ0n) is 13.3. The predicted molar refractivity (Wildman–Crippen MR) is 84.0 cm³/mol. The minimum absolute atomic E-state index is 0.00614. The van der Waals surface area contributed by atoms with E-state index in [1.165, 1.54) is 0 Å². The van der Waals surface area contributed by atoms with Gasteiger partial charge < -0.3 is 15.2 Å². The van der Waals surface area contributed by atoms with Crippen molar-refractivity contribution in [1.29, 1.82) is 0 Å². The maximum Gasteiger partial charge on any atom is 0.310 e. The van der Waals surface area contributed by atoms with Gasteiger partial charge in [0, 0.05) is 6.42 Å². The van der Waals surface area contributed by atoms with Gasteiger partial charge in [-0.2, -0.15) is 0 Å². The molecule has 2 N–H and O–H groups in total. The standard InChI is InChI=1S/C17H23NO4/c1-16(2,3)22-13-8-5-4-7-12(13)18-14(19)11-17(15(20)21)9-6-10-17/h4-5,7-8H,6,9-11H2,1-3H3,(H,18,19)(H,20,21). The molecule has 0 atom stereocenters. The Kier molecular flexibility index (Phi) is 4.44. The molecule has 0 heterocycles. The smallest absolute Gasteiger partial charge is 0.310 e. The Morgan fingerprint density at radius 1 is 1.27 bits per heavy atom. The minimum atomic E-state index is -0.885. The van der Waals surface area contributed by atoms with Gasteiger partial charge in [-0.25, -0.2) is 0 Å². The van der Waals surface area contributed by atoms with Gasteiger partial charge in [0.2, 0.25) is 5.91 Å². The van der Waals surface area contributed by atoms with Crippen molar-refractivity contribution in [3.8, 4) is 5.75 Å². The van der Waals surface area contributed by atoms with Gasteiger partial charge in [-0.15, -0.1) is 0 Å². The third kappa shape index (κ3) is 3.78. The predicted octanol–water partition coefficient (Wildman–Crippen LogP) is 3.45. The van der Waals surface area contributed by atoms with E-state index in [-0.39, 0.29) is 17.9 Å². The number of amides is 1. The van der Waals surface area contributed by atoms with Crippen LogP contribution in [0.2, 0.25) is 0 Å². The molecule has 1 fully saturated rings. The molecule has 1 saturated carbocycles. The van der Waals surface area contributed by atoms with Crippen LogP contribution in [0.5, 0.6) is 5.75 Å². The van der Waals surface area contributed by atoms with Crippen LogP contribution in [-0.2, 0) is 9.59 Å². The van der Waals surface area contributed by atoms with Crippen LogP contribution in [0.15, 0.2) is 24.3 Å². The molecule has 120 valence electrons. The van der Waals surface area contributed by atoms with Crippen LogP contribution in [0.4, 0.5) is 5.69 Å². The summed E-state index contributed by atoms with van der Waals surface area (Å²) in [5.74, 6) is -0.582. The Hall–Kier alpha value is -2.04. The first-order valence-corrected chi connectivity index (χ1v) is 7.53. The number of nitrogens with one attached hydrogen (secondary N) is 1. The summed E-state index contributed by atoms with van der Waals surface area (Å²) in [6.07, 6.45) is 2.00. The van der Waals surface area contributed by atoms with E-state index in [1.54, 1.807) is 18.2 Å². The monoisotopic (exact) mass is 305 g/mol. The second-order valence-electron chi connectivity index (χ2n) is 6.87. The van der Waals surface area contributed by atoms with Crippen LogP contribution in [0.3, 0.4) is 0 Å². The Bertz CT molecular complexity index is 570. The summed E-state index contributed by atoms with van der Waals surface area (Å²) in [5.41, 5.74) is -0.691. The van der Waals surface area contributed by atoms with Gasteiger partial charge in [0.1, 0.15) is 11.4 Å². The van der Waals surface area contributed by atoms with Gasteiger partial charge >= 0.3 is 5.97 Å². The van der Waals surface area contributed by atoms with E-state index in [1.807, 2.05) is 26.8 Å². The van der Waals surface area contributed by atoms with Crippen molar-refractivity contribution in [1.82, 2.24) is 0 Å². The van der Waals surface area contributed by atoms with Gasteiger partial charge in [-0.1, -0.05) is 18.6 Å². The molecule has 0 aromatic heterocycles. The third-order valence-corrected chi connectivity index (χ3v) is 3.84. The molecule has 0 unspecified atom stereocenters. The van der Waals surface area contributed by atoms with Crippen molar-refractivity contribution in [2.24, 2.45) is 5.41 Å². The Balaban J connectivity index is 2.07. The number of ether oxygens (including phenoxy) is 1. The van der Waals surface area contributed by atoms with Crippen LogP contribution in [0.25, 0.3) is 0 Å². The number of para-hydroxylation sites is 2. The SMILES string of the molecule is CC(C)(C)Oc1ccccc1NC(=O)CC1(C(=O)O)CCC1. The van der Waals surface area contributed by atoms with Gasteiger partial charge in [0.25, 0.3) is 0 Å². The molecule has 1 aromatic carbocycles. The molecule has 5 nitrogen and oxygen atoms in total. The highest BCUT2D eigenvalue weighted by Crippen LogP contribution is 2.44. The molecule has 0 aliphatic heterocycles. The van der Waals surface area contributed by atoms with Gasteiger partial charge in [0.15, 0.2) is 0 Å². The van der Waals surface area contributed by atoms with Crippen molar-refractivity contribution in [2.75, 3.05) is 5.32 Å². The Morgan fingerprint density at radius 3 is 2.41 bits per heavy atom. The lowest BCUT2D eigenvalue weighted by Gasteiger charge is -2.37. The lowest BCUT2D eigenvalue weighted by molar-refractivity contribution is -0.157. The van der Waals surface area contributed by atoms with E-state index in [0.29, 0.717) is 24.3 Å². The number of benzene rings is 1. The summed E-state index contributed by atoms with van der Waals surface area (Å²) in [7, 11) is 0. The van der Waals surface area contributed by atoms with Crippen LogP contribution in [0, 0.1) is 5.41 Å². The number of carbonyl (C=O) groups is 2. The maximum absolute atomic E-state index is 12.2. The minimum Gasteiger partial charge on any atom is -0.486 e. The molecule has 0 radical (unpaired) electrons. The average molecular weight is 305 g/mol. The first kappa shape index (κ1) is 16.3. The molecule has 1 aliphatic rings. The summed E-state index contributed by atoms with van der Waals surface area (Å²) in [5, 5.41) is 12.1. The molecule has 1 amide bonds. The quantitative estimate of drug-likeness (QED) is 0.873. The van der Waals surface area contributed by atoms with E-state index in [9.17, 15) is 14.7 Å². The maximum atomic E-state index is 12.2. The first-order chi connectivity index (χ1) is 10.2. The number of rotatable bonds is 5. The number of carbonyl (C=O) groups excluding carboxylic acids is 1. The summed E-state index contributed by atoms with van der Waals surface area (Å²) in [6.45, 7) is 5.79. The fourth-order valence-electron chi connectivity index (χ4n) is 2.56. The van der Waals surface area contributed by atoms with Crippen molar-refractivity contribution in [3.05, 3.63) is 24.3 Å². The fraction of sp³-hybridized carbons (Fsp3) is 0.529. The highest BCUT2D eigenvalue weighted by atomic mass is 16.5. The van der Waals surface area contributed by atoms with Crippen molar-refractivity contribution in [3.63, 3.8) is 0 Å².